The minimum atomic E-state index is -4.51. The van der Waals surface area contributed by atoms with E-state index in [1.165, 1.54) is 50.5 Å². The molecule has 2 aromatic heterocycles. The number of benzene rings is 1. The molecule has 1 saturated heterocycles. The molecule has 3 amide bonds. The highest BCUT2D eigenvalue weighted by Gasteiger charge is 2.59. The van der Waals surface area contributed by atoms with Crippen LogP contribution in [0.2, 0.25) is 0 Å². The first-order chi connectivity index (χ1) is 17.0. The van der Waals surface area contributed by atoms with E-state index in [1.807, 2.05) is 0 Å². The summed E-state index contributed by atoms with van der Waals surface area (Å²) in [4.78, 5) is 35.2. The van der Waals surface area contributed by atoms with Gasteiger partial charge in [-0.1, -0.05) is 13.8 Å². The molecule has 188 valence electrons. The molecule has 3 heterocycles. The number of nitrogens with one attached hydrogen (secondary N) is 1. The number of carbonyl (C=O) groups excluding carboxylic acids is 2. The van der Waals surface area contributed by atoms with Gasteiger partial charge in [-0.3, -0.25) is 14.8 Å². The Labute approximate surface area is 206 Å². The fourth-order valence-corrected chi connectivity index (χ4v) is 5.06. The molecule has 0 radical (unpaired) electrons. The number of hydrogen-bond donors (Lipinski definition) is 1. The summed E-state index contributed by atoms with van der Waals surface area (Å²) < 4.78 is 67.6. The molecule has 4 rings (SSSR count). The van der Waals surface area contributed by atoms with E-state index in [-0.39, 0.29) is 33.5 Å². The second kappa shape index (κ2) is 9.49. The predicted molar refractivity (Wildman–Crippen MR) is 122 cm³/mol. The monoisotopic (exact) mass is 522 g/mol. The standard InChI is InChI=1S/C24H19F5N4O2S/c1-13(17-7-9-30-11-19(17)25)23(14(2)18-8-10-31-12-20(18)26)21(34)33(22(35)32-23)15-3-5-16(6-4-15)36-24(27,28)29/h3-14H,1-2H3,(H,32,35). The van der Waals surface area contributed by atoms with E-state index in [0.29, 0.717) is 0 Å². The quantitative estimate of drug-likeness (QED) is 0.253. The SMILES string of the molecule is CC(c1ccncc1F)C1(C(C)c2ccncc2F)NC(=O)N(c2ccc(SC(F)(F)F)cc2)C1=O. The summed E-state index contributed by atoms with van der Waals surface area (Å²) in [7, 11) is 0. The van der Waals surface area contributed by atoms with Crippen molar-refractivity contribution in [3.63, 3.8) is 0 Å². The van der Waals surface area contributed by atoms with E-state index in [4.69, 9.17) is 0 Å². The molecule has 12 heteroatoms. The van der Waals surface area contributed by atoms with Crippen molar-refractivity contribution in [3.05, 3.63) is 83.9 Å². The summed E-state index contributed by atoms with van der Waals surface area (Å²) in [5.41, 5.74) is -6.21. The normalized spacial score (nSPS) is 19.8. The van der Waals surface area contributed by atoms with E-state index in [9.17, 15) is 31.5 Å². The molecule has 0 spiro atoms. The second-order valence-corrected chi connectivity index (χ2v) is 9.36. The van der Waals surface area contributed by atoms with Gasteiger partial charge in [0.15, 0.2) is 0 Å². The predicted octanol–water partition coefficient (Wildman–Crippen LogP) is 5.77. The van der Waals surface area contributed by atoms with Crippen LogP contribution in [0.25, 0.3) is 0 Å². The molecular formula is C24H19F5N4O2S. The average Bonchev–Trinajstić information content (AvgIpc) is 3.09. The minimum Gasteiger partial charge on any atom is -0.322 e. The van der Waals surface area contributed by atoms with Gasteiger partial charge < -0.3 is 5.32 Å². The Hall–Kier alpha value is -3.54. The molecule has 1 fully saturated rings. The van der Waals surface area contributed by atoms with E-state index in [0.717, 1.165) is 29.4 Å². The van der Waals surface area contributed by atoms with Crippen LogP contribution in [0, 0.1) is 11.6 Å². The Morgan fingerprint density at radius 3 is 1.83 bits per heavy atom. The number of pyridine rings is 2. The third kappa shape index (κ3) is 4.52. The third-order valence-electron chi connectivity index (χ3n) is 6.31. The van der Waals surface area contributed by atoms with Crippen molar-refractivity contribution < 1.29 is 31.5 Å². The average molecular weight is 522 g/mol. The van der Waals surface area contributed by atoms with Crippen molar-refractivity contribution in [2.75, 3.05) is 4.90 Å². The van der Waals surface area contributed by atoms with Gasteiger partial charge in [0.2, 0.25) is 0 Å². The number of amides is 3. The second-order valence-electron chi connectivity index (χ2n) is 8.22. The van der Waals surface area contributed by atoms with Gasteiger partial charge in [-0.05, 0) is 59.3 Å². The Kier molecular flexibility index (Phi) is 6.74. The Morgan fingerprint density at radius 1 is 0.889 bits per heavy atom. The van der Waals surface area contributed by atoms with Crippen LogP contribution in [0.15, 0.2) is 66.1 Å². The summed E-state index contributed by atoms with van der Waals surface area (Å²) in [5, 5.41) is 2.65. The number of urea groups is 1. The van der Waals surface area contributed by atoms with Crippen LogP contribution in [0.5, 0.6) is 0 Å². The number of aromatic nitrogens is 2. The van der Waals surface area contributed by atoms with Gasteiger partial charge >= 0.3 is 11.5 Å². The van der Waals surface area contributed by atoms with E-state index >= 15 is 0 Å². The van der Waals surface area contributed by atoms with E-state index < -0.39 is 46.5 Å². The molecule has 36 heavy (non-hydrogen) atoms. The zero-order chi connectivity index (χ0) is 26.3. The summed E-state index contributed by atoms with van der Waals surface area (Å²) in [6.07, 6.45) is 4.59. The Balaban J connectivity index is 1.81. The zero-order valence-corrected chi connectivity index (χ0v) is 19.7. The fourth-order valence-electron chi connectivity index (χ4n) is 4.52. The molecule has 6 nitrogen and oxygen atoms in total. The van der Waals surface area contributed by atoms with Crippen LogP contribution in [-0.4, -0.2) is 33.0 Å². The molecule has 2 unspecified atom stereocenters. The lowest BCUT2D eigenvalue weighted by Gasteiger charge is -2.38. The van der Waals surface area contributed by atoms with Crippen LogP contribution >= 0.6 is 11.8 Å². The smallest absolute Gasteiger partial charge is 0.322 e. The van der Waals surface area contributed by atoms with Gasteiger partial charge in [0.1, 0.15) is 17.2 Å². The molecule has 1 aliphatic heterocycles. The van der Waals surface area contributed by atoms with Gasteiger partial charge in [-0.25, -0.2) is 18.5 Å². The highest BCUT2D eigenvalue weighted by atomic mass is 32.2. The zero-order valence-electron chi connectivity index (χ0n) is 18.9. The summed E-state index contributed by atoms with van der Waals surface area (Å²) >= 11 is -0.338. The number of anilines is 1. The maximum atomic E-state index is 14.8. The highest BCUT2D eigenvalue weighted by molar-refractivity contribution is 8.00. The first kappa shape index (κ1) is 25.5. The molecule has 1 aromatic carbocycles. The van der Waals surface area contributed by atoms with Crippen LogP contribution in [-0.2, 0) is 4.79 Å². The van der Waals surface area contributed by atoms with Crippen LogP contribution in [0.3, 0.4) is 0 Å². The lowest BCUT2D eigenvalue weighted by molar-refractivity contribution is -0.123. The fraction of sp³-hybridized carbons (Fsp3) is 0.250. The van der Waals surface area contributed by atoms with Crippen molar-refractivity contribution in [1.82, 2.24) is 15.3 Å². The molecule has 0 bridgehead atoms. The highest BCUT2D eigenvalue weighted by Crippen LogP contribution is 2.46. The van der Waals surface area contributed by atoms with Crippen molar-refractivity contribution in [2.45, 2.75) is 41.6 Å². The topological polar surface area (TPSA) is 75.2 Å². The van der Waals surface area contributed by atoms with Crippen molar-refractivity contribution in [2.24, 2.45) is 0 Å². The summed E-state index contributed by atoms with van der Waals surface area (Å²) in [6, 6.07) is 6.52. The van der Waals surface area contributed by atoms with Gasteiger partial charge in [0.25, 0.3) is 5.91 Å². The molecule has 0 aliphatic carbocycles. The molecular weight excluding hydrogens is 503 g/mol. The molecule has 3 aromatic rings. The van der Waals surface area contributed by atoms with Gasteiger partial charge in [-0.2, -0.15) is 13.2 Å². The number of carbonyl (C=O) groups is 2. The van der Waals surface area contributed by atoms with Gasteiger partial charge in [0, 0.05) is 29.1 Å². The number of hydrogen-bond acceptors (Lipinski definition) is 5. The minimum absolute atomic E-state index is 0.00991. The van der Waals surface area contributed by atoms with E-state index in [1.54, 1.807) is 0 Å². The lowest BCUT2D eigenvalue weighted by atomic mass is 9.69. The van der Waals surface area contributed by atoms with E-state index in [2.05, 4.69) is 15.3 Å². The number of halogens is 5. The maximum absolute atomic E-state index is 14.8. The van der Waals surface area contributed by atoms with Crippen molar-refractivity contribution in [1.29, 1.82) is 0 Å². The van der Waals surface area contributed by atoms with Gasteiger partial charge in [-0.15, -0.1) is 0 Å². The number of alkyl halides is 3. The first-order valence-corrected chi connectivity index (χ1v) is 11.5. The van der Waals surface area contributed by atoms with Crippen LogP contribution in [0.4, 0.5) is 32.4 Å². The maximum Gasteiger partial charge on any atom is 0.446 e. The number of thioether (sulfide) groups is 1. The summed E-state index contributed by atoms with van der Waals surface area (Å²) in [6.45, 7) is 3.05. The molecule has 1 aliphatic rings. The Morgan fingerprint density at radius 2 is 1.39 bits per heavy atom. The van der Waals surface area contributed by atoms with Crippen LogP contribution in [0.1, 0.15) is 36.8 Å². The number of nitrogens with zero attached hydrogens (tertiary/aromatic N) is 3. The first-order valence-electron chi connectivity index (χ1n) is 10.7. The molecule has 1 N–H and O–H groups in total. The summed E-state index contributed by atoms with van der Waals surface area (Å²) in [5.74, 6) is -4.24. The van der Waals surface area contributed by atoms with Crippen LogP contribution < -0.4 is 10.2 Å². The largest absolute Gasteiger partial charge is 0.446 e. The molecule has 0 saturated carbocycles. The lowest BCUT2D eigenvalue weighted by Crippen LogP contribution is -2.55. The van der Waals surface area contributed by atoms with Crippen molar-refractivity contribution >= 4 is 29.4 Å². The number of rotatable bonds is 6. The Bertz CT molecular complexity index is 1250. The third-order valence-corrected chi connectivity index (χ3v) is 7.05. The van der Waals surface area contributed by atoms with Gasteiger partial charge in [0.05, 0.1) is 18.1 Å². The number of imide groups is 1. The molecule has 2 atom stereocenters. The van der Waals surface area contributed by atoms with Crippen molar-refractivity contribution in [3.8, 4) is 0 Å².